The van der Waals surface area contributed by atoms with Gasteiger partial charge in [0.15, 0.2) is 0 Å². The number of aromatic nitrogens is 2. The summed E-state index contributed by atoms with van der Waals surface area (Å²) in [6.07, 6.45) is 4.50. The summed E-state index contributed by atoms with van der Waals surface area (Å²) in [4.78, 5) is 20.0. The van der Waals surface area contributed by atoms with Gasteiger partial charge in [0.2, 0.25) is 0 Å². The van der Waals surface area contributed by atoms with Gasteiger partial charge in [0.25, 0.3) is 0 Å². The number of hydrogen-bond acceptors (Lipinski definition) is 4. The SMILES string of the molecule is COC(=O)N(CCC1(N)CC1)[C@@H](c1nc(-c2ccccc2)cn1Cc1ccccc1)C(C)(C)C. The quantitative estimate of drug-likeness (QED) is 0.472. The van der Waals surface area contributed by atoms with Crippen molar-refractivity contribution in [3.8, 4) is 11.3 Å². The summed E-state index contributed by atoms with van der Waals surface area (Å²) in [5, 5.41) is 0. The largest absolute Gasteiger partial charge is 0.453 e. The monoisotopic (exact) mass is 460 g/mol. The summed E-state index contributed by atoms with van der Waals surface area (Å²) < 4.78 is 7.43. The van der Waals surface area contributed by atoms with Crippen LogP contribution in [0.2, 0.25) is 0 Å². The number of benzene rings is 2. The van der Waals surface area contributed by atoms with E-state index in [0.29, 0.717) is 13.1 Å². The van der Waals surface area contributed by atoms with E-state index in [1.807, 2.05) is 41.3 Å². The van der Waals surface area contributed by atoms with Crippen LogP contribution in [0.1, 0.15) is 57.5 Å². The van der Waals surface area contributed by atoms with Crippen molar-refractivity contribution in [1.82, 2.24) is 14.5 Å². The van der Waals surface area contributed by atoms with E-state index in [1.165, 1.54) is 12.7 Å². The van der Waals surface area contributed by atoms with Crippen LogP contribution in [-0.2, 0) is 11.3 Å². The Morgan fingerprint density at radius 1 is 1.12 bits per heavy atom. The lowest BCUT2D eigenvalue weighted by Gasteiger charge is -2.39. The summed E-state index contributed by atoms with van der Waals surface area (Å²) in [5.74, 6) is 0.850. The molecular weight excluding hydrogens is 424 g/mol. The summed E-state index contributed by atoms with van der Waals surface area (Å²) in [6, 6.07) is 20.2. The fourth-order valence-electron chi connectivity index (χ4n) is 4.49. The average Bonchev–Trinajstić information content (AvgIpc) is 3.43. The van der Waals surface area contributed by atoms with Gasteiger partial charge in [-0.1, -0.05) is 81.4 Å². The summed E-state index contributed by atoms with van der Waals surface area (Å²) >= 11 is 0. The molecule has 1 atom stereocenters. The zero-order valence-corrected chi connectivity index (χ0v) is 20.7. The Morgan fingerprint density at radius 2 is 1.74 bits per heavy atom. The molecule has 0 saturated heterocycles. The predicted molar refractivity (Wildman–Crippen MR) is 135 cm³/mol. The Bertz CT molecular complexity index is 1100. The van der Waals surface area contributed by atoms with Crippen LogP contribution in [0, 0.1) is 5.41 Å². The Balaban J connectivity index is 1.80. The molecule has 34 heavy (non-hydrogen) atoms. The smallest absolute Gasteiger partial charge is 0.410 e. The maximum Gasteiger partial charge on any atom is 0.410 e. The highest BCUT2D eigenvalue weighted by atomic mass is 16.5. The molecule has 1 saturated carbocycles. The van der Waals surface area contributed by atoms with Crippen LogP contribution in [-0.4, -0.2) is 39.7 Å². The second-order valence-electron chi connectivity index (χ2n) is 10.5. The lowest BCUT2D eigenvalue weighted by Crippen LogP contribution is -2.44. The van der Waals surface area contributed by atoms with Crippen LogP contribution in [0.4, 0.5) is 4.79 Å². The van der Waals surface area contributed by atoms with Gasteiger partial charge in [-0.15, -0.1) is 0 Å². The van der Waals surface area contributed by atoms with E-state index in [0.717, 1.165) is 36.3 Å². The summed E-state index contributed by atoms with van der Waals surface area (Å²) in [7, 11) is 1.44. The molecule has 1 aromatic heterocycles. The number of hydrogen-bond donors (Lipinski definition) is 1. The van der Waals surface area contributed by atoms with Crippen molar-refractivity contribution in [1.29, 1.82) is 0 Å². The molecule has 0 spiro atoms. The molecule has 6 nitrogen and oxygen atoms in total. The van der Waals surface area contributed by atoms with Crippen LogP contribution < -0.4 is 5.73 Å². The highest BCUT2D eigenvalue weighted by Gasteiger charge is 2.43. The van der Waals surface area contributed by atoms with Crippen molar-refractivity contribution in [3.05, 3.63) is 78.2 Å². The van der Waals surface area contributed by atoms with E-state index in [1.54, 1.807) is 0 Å². The van der Waals surface area contributed by atoms with Crippen LogP contribution in [0.15, 0.2) is 66.9 Å². The van der Waals surface area contributed by atoms with Gasteiger partial charge < -0.3 is 15.0 Å². The fourth-order valence-corrected chi connectivity index (χ4v) is 4.49. The Morgan fingerprint density at radius 3 is 2.29 bits per heavy atom. The Kier molecular flexibility index (Phi) is 6.80. The molecule has 4 rings (SSSR count). The minimum absolute atomic E-state index is 0.163. The maximum absolute atomic E-state index is 13.1. The lowest BCUT2D eigenvalue weighted by molar-refractivity contribution is 0.0613. The predicted octanol–water partition coefficient (Wildman–Crippen LogP) is 5.64. The molecule has 0 radical (unpaired) electrons. The molecule has 0 aliphatic heterocycles. The van der Waals surface area contributed by atoms with Crippen molar-refractivity contribution in [2.75, 3.05) is 13.7 Å². The van der Waals surface area contributed by atoms with Gasteiger partial charge in [-0.05, 0) is 30.2 Å². The summed E-state index contributed by atoms with van der Waals surface area (Å²) in [6.45, 7) is 7.63. The molecule has 2 aromatic carbocycles. The molecule has 3 aromatic rings. The summed E-state index contributed by atoms with van der Waals surface area (Å²) in [5.41, 5.74) is 9.07. The van der Waals surface area contributed by atoms with Gasteiger partial charge >= 0.3 is 6.09 Å². The van der Waals surface area contributed by atoms with E-state index in [-0.39, 0.29) is 23.1 Å². The first-order valence-electron chi connectivity index (χ1n) is 12.0. The molecule has 0 bridgehead atoms. The van der Waals surface area contributed by atoms with Gasteiger partial charge in [-0.3, -0.25) is 4.90 Å². The fraction of sp³-hybridized carbons (Fsp3) is 0.429. The highest BCUT2D eigenvalue weighted by Crippen LogP contribution is 2.41. The number of rotatable bonds is 8. The second-order valence-corrected chi connectivity index (χ2v) is 10.5. The molecule has 1 heterocycles. The molecule has 1 fully saturated rings. The first-order valence-corrected chi connectivity index (χ1v) is 12.0. The second kappa shape index (κ2) is 9.63. The van der Waals surface area contributed by atoms with E-state index in [4.69, 9.17) is 15.5 Å². The van der Waals surface area contributed by atoms with Crippen LogP contribution in [0.5, 0.6) is 0 Å². The molecule has 1 aliphatic rings. The zero-order valence-electron chi connectivity index (χ0n) is 20.7. The highest BCUT2D eigenvalue weighted by molar-refractivity contribution is 5.68. The number of imidazole rings is 1. The molecule has 0 unspecified atom stereocenters. The lowest BCUT2D eigenvalue weighted by atomic mass is 9.84. The van der Waals surface area contributed by atoms with Crippen molar-refractivity contribution in [3.63, 3.8) is 0 Å². The van der Waals surface area contributed by atoms with Crippen molar-refractivity contribution < 1.29 is 9.53 Å². The molecule has 1 aliphatic carbocycles. The van der Waals surface area contributed by atoms with Crippen molar-refractivity contribution in [2.24, 2.45) is 11.1 Å². The standard InChI is InChI=1S/C28H36N4O2/c1-27(2,3)24(32(26(33)34-4)18-17-28(29)15-16-28)25-30-23(22-13-9-6-10-14-22)20-31(25)19-21-11-7-5-8-12-21/h5-14,20,24H,15-19,29H2,1-4H3/t24-/m0/s1. The zero-order chi connectivity index (χ0) is 24.3. The van der Waals surface area contributed by atoms with Crippen molar-refractivity contribution >= 4 is 6.09 Å². The van der Waals surface area contributed by atoms with Crippen LogP contribution in [0.3, 0.4) is 0 Å². The third kappa shape index (κ3) is 5.50. The van der Waals surface area contributed by atoms with E-state index in [9.17, 15) is 4.79 Å². The molecular formula is C28H36N4O2. The number of amides is 1. The molecule has 1 amide bonds. The number of carbonyl (C=O) groups is 1. The van der Waals surface area contributed by atoms with Crippen LogP contribution in [0.25, 0.3) is 11.3 Å². The van der Waals surface area contributed by atoms with E-state index >= 15 is 0 Å². The third-order valence-corrected chi connectivity index (χ3v) is 6.60. The van der Waals surface area contributed by atoms with Gasteiger partial charge in [0.1, 0.15) is 5.82 Å². The van der Waals surface area contributed by atoms with E-state index in [2.05, 4.69) is 55.8 Å². The number of ether oxygens (including phenoxy) is 1. The normalized spacial score (nSPS) is 15.6. The molecule has 180 valence electrons. The van der Waals surface area contributed by atoms with E-state index < -0.39 is 0 Å². The molecule has 6 heteroatoms. The number of carbonyl (C=O) groups excluding carboxylic acids is 1. The number of nitrogens with zero attached hydrogens (tertiary/aromatic N) is 3. The third-order valence-electron chi connectivity index (χ3n) is 6.60. The number of nitrogens with two attached hydrogens (primary N) is 1. The van der Waals surface area contributed by atoms with Crippen LogP contribution >= 0.6 is 0 Å². The topological polar surface area (TPSA) is 73.4 Å². The van der Waals surface area contributed by atoms with Gasteiger partial charge in [0.05, 0.1) is 18.8 Å². The number of methoxy groups -OCH3 is 1. The Hall–Kier alpha value is -3.12. The van der Waals surface area contributed by atoms with Gasteiger partial charge in [-0.25, -0.2) is 9.78 Å². The maximum atomic E-state index is 13.1. The first kappa shape index (κ1) is 24.0. The minimum atomic E-state index is -0.348. The average molecular weight is 461 g/mol. The van der Waals surface area contributed by atoms with Gasteiger partial charge in [-0.2, -0.15) is 0 Å². The molecule has 2 N–H and O–H groups in total. The Labute approximate surface area is 202 Å². The van der Waals surface area contributed by atoms with Crippen molar-refractivity contribution in [2.45, 2.75) is 58.2 Å². The van der Waals surface area contributed by atoms with Gasteiger partial charge in [0, 0.05) is 30.4 Å². The minimum Gasteiger partial charge on any atom is -0.453 e. The first-order chi connectivity index (χ1) is 16.2.